The quantitative estimate of drug-likeness (QED) is 0.309. The van der Waals surface area contributed by atoms with Crippen LogP contribution in [0.15, 0.2) is 48.5 Å². The van der Waals surface area contributed by atoms with Crippen molar-refractivity contribution in [2.75, 3.05) is 47.1 Å². The third-order valence-electron chi connectivity index (χ3n) is 7.13. The summed E-state index contributed by atoms with van der Waals surface area (Å²) in [7, 11) is 3.36. The van der Waals surface area contributed by atoms with Gasteiger partial charge in [0, 0.05) is 45.8 Å². The van der Waals surface area contributed by atoms with Gasteiger partial charge >= 0.3 is 6.09 Å². The Labute approximate surface area is 235 Å². The lowest BCUT2D eigenvalue weighted by Gasteiger charge is -2.27. The number of hydrogen-bond donors (Lipinski definition) is 1. The second kappa shape index (κ2) is 14.6. The highest BCUT2D eigenvalue weighted by Crippen LogP contribution is 2.34. The van der Waals surface area contributed by atoms with Crippen LogP contribution in [0.3, 0.4) is 0 Å². The number of likely N-dealkylation sites (tertiary alicyclic amines) is 1. The molecule has 3 rings (SSSR count). The van der Waals surface area contributed by atoms with E-state index in [9.17, 15) is 4.79 Å². The average molecular weight is 541 g/mol. The van der Waals surface area contributed by atoms with Gasteiger partial charge in [-0.25, -0.2) is 4.79 Å². The van der Waals surface area contributed by atoms with Gasteiger partial charge in [0.2, 0.25) is 0 Å². The molecule has 2 aromatic rings. The summed E-state index contributed by atoms with van der Waals surface area (Å²) < 4.78 is 22.5. The smallest absolute Gasteiger partial charge is 0.410 e. The molecule has 1 amide bonds. The molecule has 2 aromatic carbocycles. The third-order valence-corrected chi connectivity index (χ3v) is 7.13. The number of benzene rings is 2. The molecular formula is C32H48N2O5. The standard InChI is InChI=1S/C32H48N2O5/c1-23(2)30(25-14-15-28(37-7)29(19-25)38-17-11-16-36-6)33-20-27-22-34(31(35)39-32(3,4)5)21-26(27)18-24-12-9-8-10-13-24/h8-10,12-15,19,23,26-27,30,33H,11,16-18,20-22H2,1-7H3/t26-,27-,30?/m0/s1. The van der Waals surface area contributed by atoms with Crippen molar-refractivity contribution in [1.29, 1.82) is 0 Å². The van der Waals surface area contributed by atoms with Crippen LogP contribution in [0.25, 0.3) is 0 Å². The molecule has 216 valence electrons. The highest BCUT2D eigenvalue weighted by atomic mass is 16.6. The molecule has 0 bridgehead atoms. The first kappa shape index (κ1) is 30.8. The van der Waals surface area contributed by atoms with E-state index in [1.54, 1.807) is 14.2 Å². The van der Waals surface area contributed by atoms with Gasteiger partial charge in [-0.05, 0) is 68.2 Å². The monoisotopic (exact) mass is 540 g/mol. The molecule has 1 N–H and O–H groups in total. The summed E-state index contributed by atoms with van der Waals surface area (Å²) in [5.41, 5.74) is 1.95. The molecule has 0 spiro atoms. The second-order valence-corrected chi connectivity index (χ2v) is 11.8. The summed E-state index contributed by atoms with van der Waals surface area (Å²) in [5, 5.41) is 3.85. The van der Waals surface area contributed by atoms with E-state index in [2.05, 4.69) is 55.6 Å². The van der Waals surface area contributed by atoms with Gasteiger partial charge in [-0.3, -0.25) is 0 Å². The van der Waals surface area contributed by atoms with Gasteiger partial charge in [-0.15, -0.1) is 0 Å². The molecule has 7 nitrogen and oxygen atoms in total. The maximum absolute atomic E-state index is 12.9. The van der Waals surface area contributed by atoms with Gasteiger partial charge in [-0.1, -0.05) is 50.2 Å². The Morgan fingerprint density at radius 2 is 1.72 bits per heavy atom. The van der Waals surface area contributed by atoms with Gasteiger partial charge < -0.3 is 29.2 Å². The van der Waals surface area contributed by atoms with Gasteiger partial charge in [-0.2, -0.15) is 0 Å². The van der Waals surface area contributed by atoms with Gasteiger partial charge in [0.25, 0.3) is 0 Å². The number of methoxy groups -OCH3 is 2. The maximum atomic E-state index is 12.9. The van der Waals surface area contributed by atoms with Crippen molar-refractivity contribution >= 4 is 6.09 Å². The fourth-order valence-electron chi connectivity index (χ4n) is 5.20. The van der Waals surface area contributed by atoms with Gasteiger partial charge in [0.1, 0.15) is 5.60 Å². The van der Waals surface area contributed by atoms with Gasteiger partial charge in [0.05, 0.1) is 13.7 Å². The molecule has 0 aromatic heterocycles. The molecule has 3 atom stereocenters. The molecule has 1 aliphatic rings. The zero-order valence-corrected chi connectivity index (χ0v) is 24.9. The Hall–Kier alpha value is -2.77. The normalized spacial score (nSPS) is 18.3. The van der Waals surface area contributed by atoms with E-state index in [4.69, 9.17) is 18.9 Å². The van der Waals surface area contributed by atoms with E-state index in [-0.39, 0.29) is 12.1 Å². The molecule has 39 heavy (non-hydrogen) atoms. The Kier molecular flexibility index (Phi) is 11.5. The Bertz CT molecular complexity index is 1020. The van der Waals surface area contributed by atoms with E-state index in [1.807, 2.05) is 37.8 Å². The summed E-state index contributed by atoms with van der Waals surface area (Å²) in [5.74, 6) is 2.48. The Morgan fingerprint density at radius 1 is 1.00 bits per heavy atom. The lowest BCUT2D eigenvalue weighted by Crippen LogP contribution is -2.36. The number of amides is 1. The summed E-state index contributed by atoms with van der Waals surface area (Å²) in [4.78, 5) is 14.8. The predicted octanol–water partition coefficient (Wildman–Crippen LogP) is 6.12. The number of carbonyl (C=O) groups is 1. The van der Waals surface area contributed by atoms with Crippen molar-refractivity contribution in [2.45, 2.75) is 59.1 Å². The number of nitrogens with zero attached hydrogens (tertiary/aromatic N) is 1. The molecule has 7 heteroatoms. The SMILES string of the molecule is COCCCOc1cc(C(NC[C@H]2CN(C(=O)OC(C)(C)C)C[C@@H]2Cc2ccccc2)C(C)C)ccc1OC. The molecule has 0 saturated carbocycles. The van der Waals surface area contributed by atoms with Crippen LogP contribution in [0.5, 0.6) is 11.5 Å². The summed E-state index contributed by atoms with van der Waals surface area (Å²) >= 11 is 0. The van der Waals surface area contributed by atoms with Gasteiger partial charge in [0.15, 0.2) is 11.5 Å². The van der Waals surface area contributed by atoms with Crippen LogP contribution in [0.4, 0.5) is 4.79 Å². The van der Waals surface area contributed by atoms with E-state index >= 15 is 0 Å². The van der Waals surface area contributed by atoms with Crippen LogP contribution in [0.1, 0.15) is 58.2 Å². The van der Waals surface area contributed by atoms with Crippen molar-refractivity contribution in [2.24, 2.45) is 17.8 Å². The minimum atomic E-state index is -0.511. The number of hydrogen-bond acceptors (Lipinski definition) is 6. The number of nitrogens with one attached hydrogen (secondary N) is 1. The maximum Gasteiger partial charge on any atom is 0.410 e. The predicted molar refractivity (Wildman–Crippen MR) is 155 cm³/mol. The van der Waals surface area contributed by atoms with Crippen LogP contribution in [-0.4, -0.2) is 63.7 Å². The zero-order chi connectivity index (χ0) is 28.4. The minimum absolute atomic E-state index is 0.130. The first-order chi connectivity index (χ1) is 18.6. The van der Waals surface area contributed by atoms with Crippen molar-refractivity contribution < 1.29 is 23.7 Å². The Morgan fingerprint density at radius 3 is 2.36 bits per heavy atom. The summed E-state index contributed by atoms with van der Waals surface area (Å²) in [6.07, 6.45) is 1.52. The first-order valence-electron chi connectivity index (χ1n) is 14.2. The number of rotatable bonds is 13. The molecule has 1 aliphatic heterocycles. The van der Waals surface area contributed by atoms with E-state index < -0.39 is 5.60 Å². The summed E-state index contributed by atoms with van der Waals surface area (Å²) in [6.45, 7) is 13.6. The Balaban J connectivity index is 1.74. The molecule has 1 unspecified atom stereocenters. The third kappa shape index (κ3) is 9.43. The molecular weight excluding hydrogens is 492 g/mol. The van der Waals surface area contributed by atoms with Crippen LogP contribution in [-0.2, 0) is 15.9 Å². The van der Waals surface area contributed by atoms with E-state index in [1.165, 1.54) is 5.56 Å². The van der Waals surface area contributed by atoms with Crippen LogP contribution in [0.2, 0.25) is 0 Å². The van der Waals surface area contributed by atoms with E-state index in [0.29, 0.717) is 44.1 Å². The van der Waals surface area contributed by atoms with Crippen LogP contribution in [0, 0.1) is 17.8 Å². The fourth-order valence-corrected chi connectivity index (χ4v) is 5.20. The first-order valence-corrected chi connectivity index (χ1v) is 14.2. The topological polar surface area (TPSA) is 69.3 Å². The zero-order valence-electron chi connectivity index (χ0n) is 24.9. The van der Waals surface area contributed by atoms with Crippen molar-refractivity contribution in [3.63, 3.8) is 0 Å². The summed E-state index contributed by atoms with van der Waals surface area (Å²) in [6, 6.07) is 16.9. The molecule has 1 fully saturated rings. The highest BCUT2D eigenvalue weighted by Gasteiger charge is 2.37. The molecule has 1 saturated heterocycles. The van der Waals surface area contributed by atoms with Crippen molar-refractivity contribution in [3.8, 4) is 11.5 Å². The average Bonchev–Trinajstić information content (AvgIpc) is 3.29. The number of ether oxygens (including phenoxy) is 4. The fraction of sp³-hybridized carbons (Fsp3) is 0.594. The lowest BCUT2D eigenvalue weighted by atomic mass is 9.88. The second-order valence-electron chi connectivity index (χ2n) is 11.8. The minimum Gasteiger partial charge on any atom is -0.493 e. The van der Waals surface area contributed by atoms with E-state index in [0.717, 1.165) is 36.4 Å². The van der Waals surface area contributed by atoms with Crippen LogP contribution >= 0.6 is 0 Å². The number of carbonyl (C=O) groups excluding carboxylic acids is 1. The highest BCUT2D eigenvalue weighted by molar-refractivity contribution is 5.68. The van der Waals surface area contributed by atoms with Crippen molar-refractivity contribution in [3.05, 3.63) is 59.7 Å². The lowest BCUT2D eigenvalue weighted by molar-refractivity contribution is 0.0283. The van der Waals surface area contributed by atoms with Crippen molar-refractivity contribution in [1.82, 2.24) is 10.2 Å². The largest absolute Gasteiger partial charge is 0.493 e. The molecule has 0 aliphatic carbocycles. The molecule has 1 heterocycles. The van der Waals surface area contributed by atoms with Crippen LogP contribution < -0.4 is 14.8 Å². The molecule has 0 radical (unpaired) electrons.